The molecule has 0 spiro atoms. The van der Waals surface area contributed by atoms with E-state index in [2.05, 4.69) is 0 Å². The molecule has 1 nitrogen and oxygen atoms in total. The average Bonchev–Trinajstić information content (AvgIpc) is 2.43. The van der Waals surface area contributed by atoms with Crippen LogP contribution < -0.4 is 0 Å². The summed E-state index contributed by atoms with van der Waals surface area (Å²) in [5.41, 5.74) is -0.329. The molecule has 0 saturated carbocycles. The first-order valence-electron chi connectivity index (χ1n) is 6.37. The summed E-state index contributed by atoms with van der Waals surface area (Å²) in [5, 5.41) is 11.8. The molecule has 0 amide bonds. The number of rotatable bonds is 4. The molecular weight excluding hydrogens is 298 g/mol. The maximum Gasteiger partial charge on any atom is 0.129 e. The standard InChI is InChI=1S/C16H15Cl2FO/c1-2-16(20,13-5-3-4-6-15(13)19)10-11-9-12(17)7-8-14(11)18/h3-9,20H,2,10H2,1H3. The lowest BCUT2D eigenvalue weighted by Crippen LogP contribution is -2.29. The topological polar surface area (TPSA) is 20.2 Å². The minimum absolute atomic E-state index is 0.212. The molecule has 0 aliphatic heterocycles. The summed E-state index contributed by atoms with van der Waals surface area (Å²) in [6.07, 6.45) is 0.584. The smallest absolute Gasteiger partial charge is 0.129 e. The molecular formula is C16H15Cl2FO. The van der Waals surface area contributed by atoms with Crippen molar-refractivity contribution >= 4 is 23.2 Å². The van der Waals surface area contributed by atoms with Gasteiger partial charge in [-0.15, -0.1) is 0 Å². The van der Waals surface area contributed by atoms with E-state index in [0.29, 0.717) is 22.0 Å². The van der Waals surface area contributed by atoms with E-state index in [4.69, 9.17) is 23.2 Å². The lowest BCUT2D eigenvalue weighted by molar-refractivity contribution is 0.0292. The van der Waals surface area contributed by atoms with Crippen molar-refractivity contribution < 1.29 is 9.50 Å². The van der Waals surface area contributed by atoms with Crippen molar-refractivity contribution in [2.24, 2.45) is 0 Å². The zero-order chi connectivity index (χ0) is 14.8. The van der Waals surface area contributed by atoms with Gasteiger partial charge in [0.05, 0.1) is 5.60 Å². The Morgan fingerprint density at radius 2 is 1.85 bits per heavy atom. The van der Waals surface area contributed by atoms with E-state index in [-0.39, 0.29) is 12.0 Å². The molecule has 0 aromatic heterocycles. The highest BCUT2D eigenvalue weighted by Crippen LogP contribution is 2.34. The van der Waals surface area contributed by atoms with Crippen LogP contribution in [0.2, 0.25) is 10.0 Å². The summed E-state index contributed by atoms with van der Waals surface area (Å²) in [7, 11) is 0. The Bertz CT molecular complexity index is 615. The van der Waals surface area contributed by atoms with Crippen LogP contribution in [0.5, 0.6) is 0 Å². The first kappa shape index (κ1) is 15.3. The summed E-state index contributed by atoms with van der Waals surface area (Å²) in [4.78, 5) is 0. The molecule has 106 valence electrons. The van der Waals surface area contributed by atoms with Gasteiger partial charge in [-0.3, -0.25) is 0 Å². The number of aliphatic hydroxyl groups is 1. The predicted octanol–water partition coefficient (Wildman–Crippen LogP) is 4.97. The Morgan fingerprint density at radius 1 is 1.15 bits per heavy atom. The number of hydrogen-bond acceptors (Lipinski definition) is 1. The van der Waals surface area contributed by atoms with Crippen molar-refractivity contribution in [1.82, 2.24) is 0 Å². The molecule has 0 aliphatic carbocycles. The maximum atomic E-state index is 13.9. The second-order valence-corrected chi connectivity index (χ2v) is 5.62. The minimum Gasteiger partial charge on any atom is -0.385 e. The van der Waals surface area contributed by atoms with E-state index in [9.17, 15) is 9.50 Å². The molecule has 2 aromatic rings. The zero-order valence-corrected chi connectivity index (χ0v) is 12.5. The molecule has 0 saturated heterocycles. The fraction of sp³-hybridized carbons (Fsp3) is 0.250. The molecule has 0 radical (unpaired) electrons. The quantitative estimate of drug-likeness (QED) is 0.844. The number of halogens is 3. The first-order valence-corrected chi connectivity index (χ1v) is 7.13. The molecule has 20 heavy (non-hydrogen) atoms. The molecule has 2 rings (SSSR count). The van der Waals surface area contributed by atoms with Crippen LogP contribution in [0.25, 0.3) is 0 Å². The maximum absolute atomic E-state index is 13.9. The van der Waals surface area contributed by atoms with Crippen molar-refractivity contribution in [3.05, 3.63) is 69.5 Å². The van der Waals surface area contributed by atoms with Gasteiger partial charge in [0.2, 0.25) is 0 Å². The van der Waals surface area contributed by atoms with E-state index in [0.717, 1.165) is 0 Å². The molecule has 0 fully saturated rings. The SMILES string of the molecule is CCC(O)(Cc1cc(Cl)ccc1Cl)c1ccccc1F. The van der Waals surface area contributed by atoms with E-state index in [1.165, 1.54) is 6.07 Å². The van der Waals surface area contributed by atoms with Gasteiger partial charge in [-0.2, -0.15) is 0 Å². The highest BCUT2D eigenvalue weighted by atomic mass is 35.5. The van der Waals surface area contributed by atoms with Crippen molar-refractivity contribution in [3.63, 3.8) is 0 Å². The Hall–Kier alpha value is -1.09. The van der Waals surface area contributed by atoms with Crippen molar-refractivity contribution in [2.75, 3.05) is 0 Å². The minimum atomic E-state index is -1.31. The second-order valence-electron chi connectivity index (χ2n) is 4.78. The molecule has 1 N–H and O–H groups in total. The van der Waals surface area contributed by atoms with Gasteiger partial charge in [-0.05, 0) is 36.2 Å². The first-order chi connectivity index (χ1) is 9.46. The van der Waals surface area contributed by atoms with Crippen LogP contribution in [0.4, 0.5) is 4.39 Å². The Morgan fingerprint density at radius 3 is 2.50 bits per heavy atom. The highest BCUT2D eigenvalue weighted by molar-refractivity contribution is 6.33. The van der Waals surface area contributed by atoms with E-state index in [1.54, 1.807) is 36.4 Å². The monoisotopic (exact) mass is 312 g/mol. The van der Waals surface area contributed by atoms with E-state index >= 15 is 0 Å². The van der Waals surface area contributed by atoms with Crippen LogP contribution in [-0.2, 0) is 12.0 Å². The lowest BCUT2D eigenvalue weighted by atomic mass is 9.85. The Labute approximate surface area is 128 Å². The molecule has 0 heterocycles. The van der Waals surface area contributed by atoms with Crippen LogP contribution in [0, 0.1) is 5.82 Å². The van der Waals surface area contributed by atoms with Crippen molar-refractivity contribution in [3.8, 4) is 0 Å². The molecule has 2 aromatic carbocycles. The molecule has 0 bridgehead atoms. The average molecular weight is 313 g/mol. The summed E-state index contributed by atoms with van der Waals surface area (Å²) >= 11 is 12.1. The number of benzene rings is 2. The van der Waals surface area contributed by atoms with Gasteiger partial charge in [0, 0.05) is 22.0 Å². The largest absolute Gasteiger partial charge is 0.385 e. The van der Waals surface area contributed by atoms with E-state index in [1.807, 2.05) is 6.92 Å². The predicted molar refractivity (Wildman–Crippen MR) is 80.8 cm³/mol. The van der Waals surface area contributed by atoms with Crippen LogP contribution >= 0.6 is 23.2 Å². The fourth-order valence-electron chi connectivity index (χ4n) is 2.24. The Balaban J connectivity index is 2.42. The lowest BCUT2D eigenvalue weighted by Gasteiger charge is -2.28. The summed E-state index contributed by atoms with van der Waals surface area (Å²) in [6.45, 7) is 1.81. The summed E-state index contributed by atoms with van der Waals surface area (Å²) in [5.74, 6) is -0.421. The number of hydrogen-bond donors (Lipinski definition) is 1. The van der Waals surface area contributed by atoms with Crippen LogP contribution in [0.3, 0.4) is 0 Å². The third-order valence-corrected chi connectivity index (χ3v) is 4.05. The normalized spacial score (nSPS) is 14.1. The molecule has 4 heteroatoms. The van der Waals surface area contributed by atoms with Gasteiger partial charge in [0.25, 0.3) is 0 Å². The van der Waals surface area contributed by atoms with E-state index < -0.39 is 11.4 Å². The third kappa shape index (κ3) is 3.14. The Kier molecular flexibility index (Phi) is 4.69. The van der Waals surface area contributed by atoms with Gasteiger partial charge in [0.1, 0.15) is 5.82 Å². The molecule has 1 unspecified atom stereocenters. The van der Waals surface area contributed by atoms with Gasteiger partial charge in [-0.1, -0.05) is 48.3 Å². The van der Waals surface area contributed by atoms with Crippen LogP contribution in [0.15, 0.2) is 42.5 Å². The van der Waals surface area contributed by atoms with Gasteiger partial charge >= 0.3 is 0 Å². The van der Waals surface area contributed by atoms with Crippen LogP contribution in [-0.4, -0.2) is 5.11 Å². The van der Waals surface area contributed by atoms with Gasteiger partial charge in [0.15, 0.2) is 0 Å². The molecule has 0 aliphatic rings. The summed E-state index contributed by atoms with van der Waals surface area (Å²) in [6, 6.07) is 11.3. The summed E-state index contributed by atoms with van der Waals surface area (Å²) < 4.78 is 13.9. The third-order valence-electron chi connectivity index (χ3n) is 3.45. The highest BCUT2D eigenvalue weighted by Gasteiger charge is 2.31. The van der Waals surface area contributed by atoms with Crippen LogP contribution in [0.1, 0.15) is 24.5 Å². The van der Waals surface area contributed by atoms with Crippen molar-refractivity contribution in [2.45, 2.75) is 25.4 Å². The van der Waals surface area contributed by atoms with Crippen molar-refractivity contribution in [1.29, 1.82) is 0 Å². The fourth-order valence-corrected chi connectivity index (χ4v) is 2.62. The van der Waals surface area contributed by atoms with Gasteiger partial charge < -0.3 is 5.11 Å². The van der Waals surface area contributed by atoms with Gasteiger partial charge in [-0.25, -0.2) is 4.39 Å². The second kappa shape index (κ2) is 6.13. The zero-order valence-electron chi connectivity index (χ0n) is 11.0. The molecule has 1 atom stereocenters.